The molecule has 0 aromatic heterocycles. The Hall–Kier alpha value is -2.85. The van der Waals surface area contributed by atoms with Gasteiger partial charge < -0.3 is 29.7 Å². The summed E-state index contributed by atoms with van der Waals surface area (Å²) in [5, 5.41) is 5.81. The molecule has 0 spiro atoms. The van der Waals surface area contributed by atoms with Crippen LogP contribution in [-0.4, -0.2) is 87.4 Å². The minimum atomic E-state index is -0.476. The van der Waals surface area contributed by atoms with Crippen LogP contribution in [0.15, 0.2) is 60.8 Å². The summed E-state index contributed by atoms with van der Waals surface area (Å²) in [6.07, 6.45) is 62.5. The Labute approximate surface area is 437 Å². The first-order valence-corrected chi connectivity index (χ1v) is 29.6. The zero-order valence-corrected chi connectivity index (χ0v) is 46.8. The van der Waals surface area contributed by atoms with Gasteiger partial charge in [0.1, 0.15) is 0 Å². The lowest BCUT2D eigenvalue weighted by molar-refractivity contribution is -0.188. The zero-order valence-electron chi connectivity index (χ0n) is 46.8. The van der Waals surface area contributed by atoms with Gasteiger partial charge in [-0.05, 0) is 143 Å². The molecule has 0 aromatic carbocycles. The van der Waals surface area contributed by atoms with Crippen molar-refractivity contribution in [3.63, 3.8) is 0 Å². The third-order valence-electron chi connectivity index (χ3n) is 13.5. The van der Waals surface area contributed by atoms with E-state index in [2.05, 4.69) is 92.1 Å². The van der Waals surface area contributed by atoms with E-state index in [9.17, 15) is 14.4 Å². The minimum Gasteiger partial charge on any atom is -0.381 e. The van der Waals surface area contributed by atoms with Gasteiger partial charge in [0.15, 0.2) is 11.6 Å². The van der Waals surface area contributed by atoms with E-state index < -0.39 is 5.79 Å². The van der Waals surface area contributed by atoms with Crippen LogP contribution in [0.25, 0.3) is 0 Å². The summed E-state index contributed by atoms with van der Waals surface area (Å²) in [5.41, 5.74) is 0. The molecule has 1 aliphatic rings. The van der Waals surface area contributed by atoms with Crippen LogP contribution in [0.1, 0.15) is 252 Å². The summed E-state index contributed by atoms with van der Waals surface area (Å²) < 4.78 is 20.4. The average molecular weight is 995 g/mol. The van der Waals surface area contributed by atoms with E-state index in [0.29, 0.717) is 26.1 Å². The van der Waals surface area contributed by atoms with E-state index in [1.165, 1.54) is 147 Å². The van der Waals surface area contributed by atoms with Crippen molar-refractivity contribution >= 4 is 17.6 Å². The molecule has 1 heterocycles. The van der Waals surface area contributed by atoms with Crippen molar-refractivity contribution in [2.45, 2.75) is 270 Å². The number of unbranched alkanes of at least 4 members (excludes halogenated alkanes) is 23. The van der Waals surface area contributed by atoms with E-state index >= 15 is 0 Å². The second-order valence-corrected chi connectivity index (χ2v) is 20.7. The maximum absolute atomic E-state index is 12.3. The molecule has 2 amide bonds. The molecule has 0 bridgehead atoms. The van der Waals surface area contributed by atoms with Gasteiger partial charge in [0.2, 0.25) is 11.8 Å². The van der Waals surface area contributed by atoms with E-state index in [0.717, 1.165) is 109 Å². The number of ketones is 1. The second-order valence-electron chi connectivity index (χ2n) is 20.7. The molecule has 1 aliphatic heterocycles. The van der Waals surface area contributed by atoms with Crippen LogP contribution in [0.5, 0.6) is 0 Å². The number of allylic oxidation sites excluding steroid dienone is 9. The number of hydrogen-bond acceptors (Lipinski definition) is 7. The standard InChI is InChI=1S/C62H111N3O6/c1-6-8-10-12-14-16-18-20-22-24-26-28-30-32-34-40-50-62(51-41-35-33-31-29-27-25-23-21-19-17-15-13-11-9-7-2)70-58(48-54-65(4)5)59(71-62)49-56-69-55-44-37-36-42-52-63-60(67)45-39-38-43-53-64-61(68)47-46-57(3)66/h14-17,20-23,46-47,58-59H,6-13,18-19,24-45,48-56H2,1-5H3,(H,63,67)(H,64,68)/b16-14-,17-15-,22-20-,23-21-,47-46-. The number of amides is 2. The highest BCUT2D eigenvalue weighted by Gasteiger charge is 2.46. The fourth-order valence-electron chi connectivity index (χ4n) is 9.08. The van der Waals surface area contributed by atoms with Gasteiger partial charge >= 0.3 is 0 Å². The molecule has 71 heavy (non-hydrogen) atoms. The highest BCUT2D eigenvalue weighted by molar-refractivity contribution is 5.96. The van der Waals surface area contributed by atoms with Crippen LogP contribution in [0.2, 0.25) is 0 Å². The minimum absolute atomic E-state index is 0.0645. The summed E-state index contributed by atoms with van der Waals surface area (Å²) in [4.78, 5) is 37.1. The number of nitrogens with zero attached hydrogens (tertiary/aromatic N) is 1. The van der Waals surface area contributed by atoms with Crippen molar-refractivity contribution in [3.8, 4) is 0 Å². The first-order valence-electron chi connectivity index (χ1n) is 29.6. The van der Waals surface area contributed by atoms with Crippen molar-refractivity contribution in [1.29, 1.82) is 0 Å². The smallest absolute Gasteiger partial charge is 0.244 e. The lowest BCUT2D eigenvalue weighted by Crippen LogP contribution is -2.31. The fourth-order valence-corrected chi connectivity index (χ4v) is 9.08. The number of ether oxygens (including phenoxy) is 3. The predicted octanol–water partition coefficient (Wildman–Crippen LogP) is 15.7. The third kappa shape index (κ3) is 43.3. The molecule has 1 fully saturated rings. The molecule has 0 radical (unpaired) electrons. The Morgan fingerprint density at radius 1 is 0.507 bits per heavy atom. The number of rotatable bonds is 51. The molecule has 1 saturated heterocycles. The highest BCUT2D eigenvalue weighted by atomic mass is 16.8. The Morgan fingerprint density at radius 3 is 1.48 bits per heavy atom. The lowest BCUT2D eigenvalue weighted by atomic mass is 9.98. The first-order chi connectivity index (χ1) is 34.7. The van der Waals surface area contributed by atoms with Crippen molar-refractivity contribution in [2.75, 3.05) is 46.9 Å². The van der Waals surface area contributed by atoms with Crippen LogP contribution < -0.4 is 10.6 Å². The molecule has 9 nitrogen and oxygen atoms in total. The highest BCUT2D eigenvalue weighted by Crippen LogP contribution is 2.40. The molecule has 0 saturated carbocycles. The summed E-state index contributed by atoms with van der Waals surface area (Å²) in [7, 11) is 4.30. The molecular formula is C62H111N3O6. The predicted molar refractivity (Wildman–Crippen MR) is 302 cm³/mol. The van der Waals surface area contributed by atoms with Crippen LogP contribution in [0.4, 0.5) is 0 Å². The molecule has 0 aliphatic carbocycles. The normalized spacial score (nSPS) is 16.1. The number of nitrogens with one attached hydrogen (secondary N) is 2. The van der Waals surface area contributed by atoms with E-state index in [1.807, 2.05) is 0 Å². The van der Waals surface area contributed by atoms with E-state index in [4.69, 9.17) is 14.2 Å². The quantitative estimate of drug-likeness (QED) is 0.0355. The van der Waals surface area contributed by atoms with Crippen molar-refractivity contribution in [1.82, 2.24) is 15.5 Å². The lowest BCUT2D eigenvalue weighted by Gasteiger charge is -2.29. The monoisotopic (exact) mass is 994 g/mol. The Kier molecular flexibility index (Phi) is 46.0. The first kappa shape index (κ1) is 66.2. The SMILES string of the molecule is CCCCC/C=C\C/C=C\CCCCCCCCC1(CCCCCCCC/C=C\C/C=C\CCCCC)OC(CCOCCCCCCNC(=O)CCCCCNC(=O)/C=C\C(C)=O)C(CCN(C)C)O1. The molecule has 1 rings (SSSR count). The fraction of sp³-hybridized carbons (Fsp3) is 0.790. The van der Waals surface area contributed by atoms with Gasteiger partial charge in [-0.1, -0.05) is 159 Å². The molecule has 9 heteroatoms. The summed E-state index contributed by atoms with van der Waals surface area (Å²) in [5.74, 6) is -0.790. The summed E-state index contributed by atoms with van der Waals surface area (Å²) in [6, 6.07) is 0. The molecule has 2 N–H and O–H groups in total. The van der Waals surface area contributed by atoms with Crippen LogP contribution in [0.3, 0.4) is 0 Å². The van der Waals surface area contributed by atoms with Gasteiger partial charge in [-0.25, -0.2) is 0 Å². The van der Waals surface area contributed by atoms with Crippen LogP contribution in [0, 0.1) is 0 Å². The maximum Gasteiger partial charge on any atom is 0.244 e. The van der Waals surface area contributed by atoms with Crippen LogP contribution in [-0.2, 0) is 28.6 Å². The van der Waals surface area contributed by atoms with Gasteiger partial charge in [-0.2, -0.15) is 0 Å². The zero-order chi connectivity index (χ0) is 51.6. The molecule has 2 atom stereocenters. The largest absolute Gasteiger partial charge is 0.381 e. The van der Waals surface area contributed by atoms with Crippen molar-refractivity contribution < 1.29 is 28.6 Å². The van der Waals surface area contributed by atoms with Crippen molar-refractivity contribution in [2.24, 2.45) is 0 Å². The molecular weight excluding hydrogens is 883 g/mol. The molecule has 0 aromatic rings. The van der Waals surface area contributed by atoms with Gasteiger partial charge in [0.25, 0.3) is 0 Å². The average Bonchev–Trinajstić information content (AvgIpc) is 3.70. The van der Waals surface area contributed by atoms with Gasteiger partial charge in [-0.3, -0.25) is 14.4 Å². The number of hydrogen-bond donors (Lipinski definition) is 2. The van der Waals surface area contributed by atoms with Gasteiger partial charge in [-0.15, -0.1) is 0 Å². The maximum atomic E-state index is 12.3. The summed E-state index contributed by atoms with van der Waals surface area (Å²) in [6.45, 7) is 9.62. The Balaban J connectivity index is 2.49. The van der Waals surface area contributed by atoms with Gasteiger partial charge in [0, 0.05) is 58.2 Å². The molecule has 410 valence electrons. The third-order valence-corrected chi connectivity index (χ3v) is 13.5. The topological polar surface area (TPSA) is 106 Å². The van der Waals surface area contributed by atoms with E-state index in [-0.39, 0.29) is 29.8 Å². The second kappa shape index (κ2) is 49.4. The summed E-state index contributed by atoms with van der Waals surface area (Å²) >= 11 is 0. The Morgan fingerprint density at radius 2 is 0.958 bits per heavy atom. The number of carbonyl (C=O) groups excluding carboxylic acids is 3. The molecule has 2 unspecified atom stereocenters. The van der Waals surface area contributed by atoms with Crippen LogP contribution >= 0.6 is 0 Å². The number of carbonyl (C=O) groups is 3. The van der Waals surface area contributed by atoms with Crippen molar-refractivity contribution in [3.05, 3.63) is 60.8 Å². The Bertz CT molecular complexity index is 1360. The van der Waals surface area contributed by atoms with E-state index in [1.54, 1.807) is 0 Å². The van der Waals surface area contributed by atoms with Gasteiger partial charge in [0.05, 0.1) is 12.2 Å².